The van der Waals surface area contributed by atoms with Gasteiger partial charge in [-0.05, 0) is 67.3 Å². The SMILES string of the molecule is CC[C@@H](C(=O)NC1CCCC1)N(Cc1ccc(Cl)c(Cl)c1)C(=O)CN(c1ccc(OC)c(Cl)c1)S(=O)(=O)c1ccccc1. The van der Waals surface area contributed by atoms with Crippen LogP contribution in [-0.2, 0) is 26.2 Å². The number of methoxy groups -OCH3 is 1. The van der Waals surface area contributed by atoms with Crippen LogP contribution in [0.4, 0.5) is 5.69 Å². The highest BCUT2D eigenvalue weighted by molar-refractivity contribution is 7.92. The third kappa shape index (κ3) is 7.95. The number of sulfonamides is 1. The van der Waals surface area contributed by atoms with Crippen LogP contribution >= 0.6 is 34.8 Å². The molecule has 0 heterocycles. The third-order valence-corrected chi connectivity index (χ3v) is 10.3. The van der Waals surface area contributed by atoms with Crippen molar-refractivity contribution in [2.45, 2.75) is 62.6 Å². The number of ether oxygens (including phenoxy) is 1. The number of carbonyl (C=O) groups excluding carboxylic acids is 2. The molecule has 12 heteroatoms. The Morgan fingerprint density at radius 1 is 0.953 bits per heavy atom. The van der Waals surface area contributed by atoms with Crippen LogP contribution in [0.15, 0.2) is 71.6 Å². The largest absolute Gasteiger partial charge is 0.495 e. The first kappa shape index (κ1) is 32.9. The average Bonchev–Trinajstić information content (AvgIpc) is 3.50. The van der Waals surface area contributed by atoms with Crippen molar-refractivity contribution < 1.29 is 22.7 Å². The highest BCUT2D eigenvalue weighted by Crippen LogP contribution is 2.32. The van der Waals surface area contributed by atoms with Crippen LogP contribution in [-0.4, -0.2) is 50.9 Å². The van der Waals surface area contributed by atoms with Crippen molar-refractivity contribution in [2.24, 2.45) is 0 Å². The number of benzene rings is 3. The van der Waals surface area contributed by atoms with E-state index in [-0.39, 0.29) is 34.1 Å². The smallest absolute Gasteiger partial charge is 0.264 e. The lowest BCUT2D eigenvalue weighted by Gasteiger charge is -2.34. The normalized spacial score (nSPS) is 14.3. The highest BCUT2D eigenvalue weighted by Gasteiger charge is 2.34. The van der Waals surface area contributed by atoms with E-state index in [0.717, 1.165) is 30.0 Å². The molecule has 3 aromatic carbocycles. The topological polar surface area (TPSA) is 96.0 Å². The minimum absolute atomic E-state index is 0.00297. The van der Waals surface area contributed by atoms with Crippen molar-refractivity contribution in [3.63, 3.8) is 0 Å². The standard InChI is InChI=1S/C31H34Cl3N3O5S/c1-3-28(31(39)35-22-9-7-8-10-22)36(19-21-13-15-25(32)26(33)17-21)30(38)20-37(23-14-16-29(42-2)27(34)18-23)43(40,41)24-11-5-4-6-12-24/h4-6,11-18,22,28H,3,7-10,19-20H2,1-2H3,(H,35,39)/t28-/m0/s1. The summed E-state index contributed by atoms with van der Waals surface area (Å²) in [5.41, 5.74) is 0.806. The van der Waals surface area contributed by atoms with Crippen molar-refractivity contribution in [3.8, 4) is 5.75 Å². The Labute approximate surface area is 267 Å². The van der Waals surface area contributed by atoms with Gasteiger partial charge in [0.15, 0.2) is 0 Å². The molecule has 4 rings (SSSR count). The lowest BCUT2D eigenvalue weighted by atomic mass is 10.1. The fourth-order valence-electron chi connectivity index (χ4n) is 5.18. The molecule has 1 fully saturated rings. The van der Waals surface area contributed by atoms with Crippen LogP contribution in [0.3, 0.4) is 0 Å². The first-order valence-electron chi connectivity index (χ1n) is 14.0. The van der Waals surface area contributed by atoms with Gasteiger partial charge in [-0.25, -0.2) is 8.42 Å². The van der Waals surface area contributed by atoms with Gasteiger partial charge >= 0.3 is 0 Å². The van der Waals surface area contributed by atoms with E-state index in [4.69, 9.17) is 39.5 Å². The maximum absolute atomic E-state index is 14.2. The van der Waals surface area contributed by atoms with Crippen LogP contribution in [0, 0.1) is 0 Å². The Kier molecular flexibility index (Phi) is 11.2. The van der Waals surface area contributed by atoms with E-state index in [9.17, 15) is 18.0 Å². The van der Waals surface area contributed by atoms with E-state index in [2.05, 4.69) is 5.32 Å². The summed E-state index contributed by atoms with van der Waals surface area (Å²) in [5, 5.41) is 3.92. The van der Waals surface area contributed by atoms with Gasteiger partial charge in [0.25, 0.3) is 10.0 Å². The Hall–Kier alpha value is -2.98. The maximum atomic E-state index is 14.2. The van der Waals surface area contributed by atoms with Crippen molar-refractivity contribution in [2.75, 3.05) is 18.0 Å². The molecule has 8 nitrogen and oxygen atoms in total. The van der Waals surface area contributed by atoms with E-state index < -0.39 is 28.5 Å². The zero-order chi connectivity index (χ0) is 31.1. The average molecular weight is 667 g/mol. The summed E-state index contributed by atoms with van der Waals surface area (Å²) in [4.78, 5) is 29.2. The summed E-state index contributed by atoms with van der Waals surface area (Å²) in [6.07, 6.45) is 4.13. The number of nitrogens with one attached hydrogen (secondary N) is 1. The van der Waals surface area contributed by atoms with Gasteiger partial charge in [-0.15, -0.1) is 0 Å². The van der Waals surface area contributed by atoms with E-state index in [1.807, 2.05) is 6.92 Å². The molecule has 0 aliphatic heterocycles. The summed E-state index contributed by atoms with van der Waals surface area (Å²) >= 11 is 18.8. The van der Waals surface area contributed by atoms with Crippen LogP contribution in [0.5, 0.6) is 5.75 Å². The quantitative estimate of drug-likeness (QED) is 0.232. The summed E-state index contributed by atoms with van der Waals surface area (Å²) < 4.78 is 34.2. The summed E-state index contributed by atoms with van der Waals surface area (Å²) in [6.45, 7) is 1.24. The molecule has 0 spiro atoms. The van der Waals surface area contributed by atoms with Gasteiger partial charge in [0.2, 0.25) is 11.8 Å². The van der Waals surface area contributed by atoms with Crippen LogP contribution in [0.25, 0.3) is 0 Å². The molecule has 0 saturated heterocycles. The number of halogens is 3. The second-order valence-electron chi connectivity index (χ2n) is 10.3. The van der Waals surface area contributed by atoms with Gasteiger partial charge in [-0.2, -0.15) is 0 Å². The van der Waals surface area contributed by atoms with E-state index in [1.54, 1.807) is 36.4 Å². The minimum Gasteiger partial charge on any atom is -0.495 e. The van der Waals surface area contributed by atoms with Crippen LogP contribution in [0.1, 0.15) is 44.6 Å². The van der Waals surface area contributed by atoms with Crippen LogP contribution in [0.2, 0.25) is 15.1 Å². The Morgan fingerprint density at radius 2 is 1.65 bits per heavy atom. The predicted molar refractivity (Wildman–Crippen MR) is 170 cm³/mol. The Morgan fingerprint density at radius 3 is 2.26 bits per heavy atom. The van der Waals surface area contributed by atoms with Crippen molar-refractivity contribution in [3.05, 3.63) is 87.4 Å². The molecule has 230 valence electrons. The fourth-order valence-corrected chi connectivity index (χ4v) is 7.18. The van der Waals surface area contributed by atoms with Gasteiger partial charge in [0.1, 0.15) is 18.3 Å². The van der Waals surface area contributed by atoms with Gasteiger partial charge in [0, 0.05) is 12.6 Å². The lowest BCUT2D eigenvalue weighted by molar-refractivity contribution is -0.140. The fraction of sp³-hybridized carbons (Fsp3) is 0.355. The summed E-state index contributed by atoms with van der Waals surface area (Å²) in [6, 6.07) is 16.5. The molecule has 0 radical (unpaired) electrons. The Balaban J connectivity index is 1.74. The number of hydrogen-bond acceptors (Lipinski definition) is 5. The predicted octanol–water partition coefficient (Wildman–Crippen LogP) is 6.72. The zero-order valence-corrected chi connectivity index (χ0v) is 27.0. The molecule has 3 aromatic rings. The number of carbonyl (C=O) groups is 2. The van der Waals surface area contributed by atoms with Crippen molar-refractivity contribution in [1.82, 2.24) is 10.2 Å². The monoisotopic (exact) mass is 665 g/mol. The van der Waals surface area contributed by atoms with Gasteiger partial charge in [0.05, 0.1) is 32.8 Å². The molecular weight excluding hydrogens is 633 g/mol. The third-order valence-electron chi connectivity index (χ3n) is 7.46. The highest BCUT2D eigenvalue weighted by atomic mass is 35.5. The Bertz CT molecular complexity index is 1550. The minimum atomic E-state index is -4.23. The lowest BCUT2D eigenvalue weighted by Crippen LogP contribution is -2.53. The molecular formula is C31H34Cl3N3O5S. The van der Waals surface area contributed by atoms with E-state index in [1.165, 1.54) is 42.3 Å². The van der Waals surface area contributed by atoms with Gasteiger partial charge in [-0.1, -0.05) is 78.8 Å². The molecule has 1 atom stereocenters. The second-order valence-corrected chi connectivity index (χ2v) is 13.4. The molecule has 43 heavy (non-hydrogen) atoms. The molecule has 1 aliphatic rings. The molecule has 0 aromatic heterocycles. The second kappa shape index (κ2) is 14.7. The summed E-state index contributed by atoms with van der Waals surface area (Å²) in [5.74, 6) is -0.511. The number of nitrogens with zero attached hydrogens (tertiary/aromatic N) is 2. The van der Waals surface area contributed by atoms with Crippen molar-refractivity contribution in [1.29, 1.82) is 0 Å². The molecule has 1 N–H and O–H groups in total. The van der Waals surface area contributed by atoms with E-state index in [0.29, 0.717) is 27.8 Å². The zero-order valence-electron chi connectivity index (χ0n) is 23.9. The van der Waals surface area contributed by atoms with Crippen LogP contribution < -0.4 is 14.4 Å². The molecule has 2 amide bonds. The number of hydrogen-bond donors (Lipinski definition) is 1. The molecule has 1 saturated carbocycles. The molecule has 1 aliphatic carbocycles. The first-order valence-corrected chi connectivity index (χ1v) is 16.6. The van der Waals surface area contributed by atoms with Gasteiger partial charge < -0.3 is 15.0 Å². The maximum Gasteiger partial charge on any atom is 0.264 e. The van der Waals surface area contributed by atoms with Gasteiger partial charge in [-0.3, -0.25) is 13.9 Å². The number of amides is 2. The first-order chi connectivity index (χ1) is 20.5. The molecule has 0 unspecified atom stereocenters. The van der Waals surface area contributed by atoms with Crippen molar-refractivity contribution >= 4 is 62.3 Å². The molecule has 0 bridgehead atoms. The number of anilines is 1. The van der Waals surface area contributed by atoms with E-state index >= 15 is 0 Å². The summed E-state index contributed by atoms with van der Waals surface area (Å²) in [7, 11) is -2.78. The number of rotatable bonds is 12.